The number of aliphatic hydroxyl groups excluding tert-OH is 1. The van der Waals surface area contributed by atoms with E-state index in [4.69, 9.17) is 0 Å². The third-order valence-electron chi connectivity index (χ3n) is 3.62. The Hall–Kier alpha value is -1.16. The van der Waals surface area contributed by atoms with Crippen LogP contribution < -0.4 is 0 Å². The van der Waals surface area contributed by atoms with E-state index in [-0.39, 0.29) is 6.10 Å². The molecule has 1 unspecified atom stereocenters. The van der Waals surface area contributed by atoms with E-state index in [1.807, 2.05) is 17.4 Å². The highest BCUT2D eigenvalue weighted by atomic mass is 32.1. The number of benzene rings is 1. The minimum absolute atomic E-state index is 0.137. The smallest absolute Gasteiger partial charge is 0.0667 e. The van der Waals surface area contributed by atoms with E-state index < -0.39 is 0 Å². The van der Waals surface area contributed by atoms with E-state index in [1.165, 1.54) is 16.0 Å². The molecule has 100 valence electrons. The average molecular weight is 273 g/mol. The summed E-state index contributed by atoms with van der Waals surface area (Å²) in [6, 6.07) is 12.8. The first-order valence-electron chi connectivity index (χ1n) is 6.84. The van der Waals surface area contributed by atoms with Crippen molar-refractivity contribution < 1.29 is 5.11 Å². The molecule has 2 aromatic rings. The highest BCUT2D eigenvalue weighted by Crippen LogP contribution is 2.26. The summed E-state index contributed by atoms with van der Waals surface area (Å²) < 4.78 is 0. The van der Waals surface area contributed by atoms with Crippen molar-refractivity contribution in [1.29, 1.82) is 0 Å². The van der Waals surface area contributed by atoms with Gasteiger partial charge in [0.25, 0.3) is 0 Å². The summed E-state index contributed by atoms with van der Waals surface area (Å²) in [5.41, 5.74) is 2.59. The van der Waals surface area contributed by atoms with Gasteiger partial charge in [-0.3, -0.25) is 4.90 Å². The molecule has 0 aliphatic carbocycles. The maximum absolute atomic E-state index is 9.70. The van der Waals surface area contributed by atoms with Crippen molar-refractivity contribution in [1.82, 2.24) is 4.90 Å². The summed E-state index contributed by atoms with van der Waals surface area (Å²) in [6.45, 7) is 2.89. The lowest BCUT2D eigenvalue weighted by molar-refractivity contribution is 0.0673. The molecule has 2 nitrogen and oxygen atoms in total. The molecule has 1 aliphatic heterocycles. The van der Waals surface area contributed by atoms with Gasteiger partial charge in [0.2, 0.25) is 0 Å². The Bertz CT molecular complexity index is 523. The first-order chi connectivity index (χ1) is 9.31. The third-order valence-corrected chi connectivity index (χ3v) is 4.54. The Balaban J connectivity index is 1.68. The molecule has 3 rings (SSSR count). The minimum atomic E-state index is -0.137. The maximum atomic E-state index is 9.70. The molecule has 1 atom stereocenters. The van der Waals surface area contributed by atoms with Crippen molar-refractivity contribution in [2.24, 2.45) is 0 Å². The van der Waals surface area contributed by atoms with Gasteiger partial charge < -0.3 is 5.11 Å². The summed E-state index contributed by atoms with van der Waals surface area (Å²) in [7, 11) is 0. The van der Waals surface area contributed by atoms with E-state index in [2.05, 4.69) is 40.6 Å². The van der Waals surface area contributed by atoms with E-state index in [0.717, 1.165) is 32.5 Å². The average Bonchev–Trinajstić information content (AvgIpc) is 2.88. The van der Waals surface area contributed by atoms with Gasteiger partial charge in [-0.15, -0.1) is 11.3 Å². The molecule has 1 fully saturated rings. The molecule has 1 N–H and O–H groups in total. The van der Waals surface area contributed by atoms with Gasteiger partial charge in [0.15, 0.2) is 0 Å². The summed E-state index contributed by atoms with van der Waals surface area (Å²) >= 11 is 1.82. The minimum Gasteiger partial charge on any atom is -0.392 e. The standard InChI is InChI=1S/C16H19NOS/c18-15-7-4-8-17(10-15)11-16-9-14(12-19-16)13-5-2-1-3-6-13/h1-3,5-6,9,12,15,18H,4,7-8,10-11H2. The van der Waals surface area contributed by atoms with Gasteiger partial charge in [-0.25, -0.2) is 0 Å². The first kappa shape index (κ1) is 12.9. The molecule has 0 spiro atoms. The number of aliphatic hydroxyl groups is 1. The molecular formula is C16H19NOS. The predicted molar refractivity (Wildman–Crippen MR) is 80.3 cm³/mol. The Morgan fingerprint density at radius 3 is 2.84 bits per heavy atom. The van der Waals surface area contributed by atoms with Crippen molar-refractivity contribution in [3.05, 3.63) is 46.7 Å². The van der Waals surface area contributed by atoms with Crippen LogP contribution in [0.15, 0.2) is 41.8 Å². The Labute approximate surface area is 118 Å². The molecule has 19 heavy (non-hydrogen) atoms. The summed E-state index contributed by atoms with van der Waals surface area (Å²) in [6.07, 6.45) is 1.93. The SMILES string of the molecule is OC1CCCN(Cc2cc(-c3ccccc3)cs2)C1. The highest BCUT2D eigenvalue weighted by Gasteiger charge is 2.18. The molecule has 0 bridgehead atoms. The molecule has 0 amide bonds. The van der Waals surface area contributed by atoms with Gasteiger partial charge >= 0.3 is 0 Å². The van der Waals surface area contributed by atoms with Crippen LogP contribution in [0.25, 0.3) is 11.1 Å². The van der Waals surface area contributed by atoms with Crippen LogP contribution in [0.1, 0.15) is 17.7 Å². The van der Waals surface area contributed by atoms with Crippen molar-refractivity contribution in [2.75, 3.05) is 13.1 Å². The van der Waals surface area contributed by atoms with Gasteiger partial charge in [0, 0.05) is 18.0 Å². The monoisotopic (exact) mass is 273 g/mol. The second kappa shape index (κ2) is 5.87. The molecule has 2 heterocycles. The Morgan fingerprint density at radius 1 is 1.21 bits per heavy atom. The quantitative estimate of drug-likeness (QED) is 0.927. The van der Waals surface area contributed by atoms with E-state index in [9.17, 15) is 5.11 Å². The lowest BCUT2D eigenvalue weighted by Crippen LogP contribution is -2.37. The normalized spacial score (nSPS) is 20.6. The van der Waals surface area contributed by atoms with Crippen molar-refractivity contribution in [2.45, 2.75) is 25.5 Å². The fourth-order valence-electron chi connectivity index (χ4n) is 2.64. The van der Waals surface area contributed by atoms with Crippen LogP contribution in [0.5, 0.6) is 0 Å². The number of likely N-dealkylation sites (tertiary alicyclic amines) is 1. The summed E-state index contributed by atoms with van der Waals surface area (Å²) in [5, 5.41) is 11.9. The zero-order valence-corrected chi connectivity index (χ0v) is 11.8. The zero-order chi connectivity index (χ0) is 13.1. The second-order valence-corrected chi connectivity index (χ2v) is 6.19. The maximum Gasteiger partial charge on any atom is 0.0667 e. The van der Waals surface area contributed by atoms with Gasteiger partial charge in [0.05, 0.1) is 6.10 Å². The topological polar surface area (TPSA) is 23.5 Å². The molecule has 3 heteroatoms. The Kier molecular flexibility index (Phi) is 3.97. The van der Waals surface area contributed by atoms with Crippen molar-refractivity contribution in [3.63, 3.8) is 0 Å². The lowest BCUT2D eigenvalue weighted by Gasteiger charge is -2.29. The first-order valence-corrected chi connectivity index (χ1v) is 7.72. The number of β-amino-alcohol motifs (C(OH)–C–C–N with tert-alkyl or cyclic N) is 1. The van der Waals surface area contributed by atoms with Gasteiger partial charge in [0.1, 0.15) is 0 Å². The van der Waals surface area contributed by atoms with Crippen LogP contribution in [0, 0.1) is 0 Å². The fraction of sp³-hybridized carbons (Fsp3) is 0.375. The highest BCUT2D eigenvalue weighted by molar-refractivity contribution is 7.10. The van der Waals surface area contributed by atoms with Crippen LogP contribution in [-0.4, -0.2) is 29.2 Å². The van der Waals surface area contributed by atoms with Crippen LogP contribution in [-0.2, 0) is 6.54 Å². The molecular weight excluding hydrogens is 254 g/mol. The summed E-state index contributed by atoms with van der Waals surface area (Å²) in [4.78, 5) is 3.74. The van der Waals surface area contributed by atoms with Gasteiger partial charge in [-0.05, 0) is 42.0 Å². The predicted octanol–water partition coefficient (Wildman–Crippen LogP) is 3.37. The molecule has 1 saturated heterocycles. The van der Waals surface area contributed by atoms with Crippen LogP contribution in [0.3, 0.4) is 0 Å². The lowest BCUT2D eigenvalue weighted by atomic mass is 10.1. The number of nitrogens with zero attached hydrogens (tertiary/aromatic N) is 1. The van der Waals surface area contributed by atoms with Crippen molar-refractivity contribution in [3.8, 4) is 11.1 Å². The molecule has 1 aromatic carbocycles. The number of thiophene rings is 1. The van der Waals surface area contributed by atoms with Gasteiger partial charge in [-0.1, -0.05) is 30.3 Å². The number of piperidine rings is 1. The van der Waals surface area contributed by atoms with Gasteiger partial charge in [-0.2, -0.15) is 0 Å². The van der Waals surface area contributed by atoms with Crippen LogP contribution >= 0.6 is 11.3 Å². The number of hydrogen-bond acceptors (Lipinski definition) is 3. The fourth-order valence-corrected chi connectivity index (χ4v) is 3.58. The zero-order valence-electron chi connectivity index (χ0n) is 11.0. The molecule has 1 aromatic heterocycles. The van der Waals surface area contributed by atoms with Crippen molar-refractivity contribution >= 4 is 11.3 Å². The number of rotatable bonds is 3. The molecule has 0 saturated carbocycles. The molecule has 1 aliphatic rings. The van der Waals surface area contributed by atoms with Crippen LogP contribution in [0.2, 0.25) is 0 Å². The number of hydrogen-bond donors (Lipinski definition) is 1. The van der Waals surface area contributed by atoms with E-state index >= 15 is 0 Å². The van der Waals surface area contributed by atoms with E-state index in [1.54, 1.807) is 0 Å². The third kappa shape index (κ3) is 3.24. The van der Waals surface area contributed by atoms with E-state index in [0.29, 0.717) is 0 Å². The molecule has 0 radical (unpaired) electrons. The Morgan fingerprint density at radius 2 is 2.05 bits per heavy atom. The second-order valence-electron chi connectivity index (χ2n) is 5.20. The largest absolute Gasteiger partial charge is 0.392 e. The van der Waals surface area contributed by atoms with Crippen LogP contribution in [0.4, 0.5) is 0 Å². The summed E-state index contributed by atoms with van der Waals surface area (Å²) in [5.74, 6) is 0.